The molecule has 0 fully saturated rings. The van der Waals surface area contributed by atoms with Crippen molar-refractivity contribution in [2.75, 3.05) is 12.9 Å². The van der Waals surface area contributed by atoms with E-state index in [4.69, 9.17) is 4.74 Å². The molecule has 76 valence electrons. The van der Waals surface area contributed by atoms with Crippen molar-refractivity contribution in [3.8, 4) is 0 Å². The maximum absolute atomic E-state index is 13.0. The fourth-order valence-corrected chi connectivity index (χ4v) is 1.38. The minimum Gasteiger partial charge on any atom is -0.501 e. The molecule has 0 N–H and O–H groups in total. The Bertz CT molecular complexity index is 328. The standard InChI is InChI=1S/C10H12FNOS/c1-3-13-5-4-8-6-10(14-2)9(11)7-12-8/h4-7H,3H2,1-2H3/b5-4+. The number of hydrogen-bond acceptors (Lipinski definition) is 3. The van der Waals surface area contributed by atoms with Crippen LogP contribution >= 0.6 is 11.8 Å². The quantitative estimate of drug-likeness (QED) is 0.567. The lowest BCUT2D eigenvalue weighted by atomic mass is 10.3. The Kier molecular flexibility index (Phi) is 4.46. The van der Waals surface area contributed by atoms with Gasteiger partial charge in [0.15, 0.2) is 5.82 Å². The van der Waals surface area contributed by atoms with Gasteiger partial charge >= 0.3 is 0 Å². The molecule has 0 aliphatic rings. The molecular formula is C10H12FNOS. The first-order chi connectivity index (χ1) is 6.77. The molecule has 0 spiro atoms. The predicted octanol–water partition coefficient (Wildman–Crippen LogP) is 2.95. The van der Waals surface area contributed by atoms with Gasteiger partial charge in [-0.15, -0.1) is 11.8 Å². The van der Waals surface area contributed by atoms with E-state index in [9.17, 15) is 4.39 Å². The third-order valence-electron chi connectivity index (χ3n) is 1.56. The van der Waals surface area contributed by atoms with Crippen LogP contribution in [0.15, 0.2) is 23.4 Å². The van der Waals surface area contributed by atoms with E-state index in [-0.39, 0.29) is 5.82 Å². The number of nitrogens with zero attached hydrogens (tertiary/aromatic N) is 1. The molecule has 0 aromatic carbocycles. The molecule has 14 heavy (non-hydrogen) atoms. The van der Waals surface area contributed by atoms with Crippen molar-refractivity contribution < 1.29 is 9.13 Å². The zero-order valence-corrected chi connectivity index (χ0v) is 8.97. The lowest BCUT2D eigenvalue weighted by Gasteiger charge is -1.99. The van der Waals surface area contributed by atoms with E-state index in [2.05, 4.69) is 4.98 Å². The van der Waals surface area contributed by atoms with Gasteiger partial charge in [-0.25, -0.2) is 4.39 Å². The van der Waals surface area contributed by atoms with Gasteiger partial charge in [-0.05, 0) is 25.3 Å². The van der Waals surface area contributed by atoms with Crippen LogP contribution in [0.25, 0.3) is 6.08 Å². The molecule has 0 radical (unpaired) electrons. The first kappa shape index (κ1) is 11.0. The fraction of sp³-hybridized carbons (Fsp3) is 0.300. The molecule has 1 rings (SSSR count). The highest BCUT2D eigenvalue weighted by molar-refractivity contribution is 7.98. The number of ether oxygens (including phenoxy) is 1. The van der Waals surface area contributed by atoms with Gasteiger partial charge in [0.05, 0.1) is 24.8 Å². The summed E-state index contributed by atoms with van der Waals surface area (Å²) < 4.78 is 18.0. The van der Waals surface area contributed by atoms with E-state index < -0.39 is 0 Å². The van der Waals surface area contributed by atoms with Crippen molar-refractivity contribution in [2.24, 2.45) is 0 Å². The topological polar surface area (TPSA) is 22.1 Å². The van der Waals surface area contributed by atoms with Crippen molar-refractivity contribution in [1.29, 1.82) is 0 Å². The number of thioether (sulfide) groups is 1. The normalized spacial score (nSPS) is 10.8. The molecule has 1 aromatic heterocycles. The van der Waals surface area contributed by atoms with Crippen LogP contribution < -0.4 is 0 Å². The molecule has 0 atom stereocenters. The number of aromatic nitrogens is 1. The van der Waals surface area contributed by atoms with Crippen molar-refractivity contribution in [1.82, 2.24) is 4.98 Å². The van der Waals surface area contributed by atoms with E-state index >= 15 is 0 Å². The molecule has 0 saturated heterocycles. The smallest absolute Gasteiger partial charge is 0.155 e. The van der Waals surface area contributed by atoms with Gasteiger partial charge in [-0.2, -0.15) is 0 Å². The molecule has 0 aliphatic carbocycles. The Balaban J connectivity index is 2.79. The molecule has 0 aliphatic heterocycles. The highest BCUT2D eigenvalue weighted by atomic mass is 32.2. The van der Waals surface area contributed by atoms with Gasteiger partial charge in [-0.3, -0.25) is 4.98 Å². The average molecular weight is 213 g/mol. The van der Waals surface area contributed by atoms with Crippen molar-refractivity contribution in [2.45, 2.75) is 11.8 Å². The molecule has 0 unspecified atom stereocenters. The van der Waals surface area contributed by atoms with Crippen molar-refractivity contribution >= 4 is 17.8 Å². The third kappa shape index (κ3) is 3.03. The van der Waals surface area contributed by atoms with E-state index in [1.165, 1.54) is 18.0 Å². The first-order valence-corrected chi connectivity index (χ1v) is 5.48. The highest BCUT2D eigenvalue weighted by Gasteiger charge is 2.01. The Morgan fingerprint density at radius 2 is 2.43 bits per heavy atom. The van der Waals surface area contributed by atoms with E-state index in [1.54, 1.807) is 18.4 Å². The van der Waals surface area contributed by atoms with Crippen LogP contribution in [0.3, 0.4) is 0 Å². The highest BCUT2D eigenvalue weighted by Crippen LogP contribution is 2.19. The van der Waals surface area contributed by atoms with Crippen LogP contribution in [-0.2, 0) is 4.74 Å². The minimum absolute atomic E-state index is 0.286. The third-order valence-corrected chi connectivity index (χ3v) is 2.32. The van der Waals surface area contributed by atoms with Gasteiger partial charge in [-0.1, -0.05) is 0 Å². The molecule has 2 nitrogen and oxygen atoms in total. The largest absolute Gasteiger partial charge is 0.501 e. The minimum atomic E-state index is -0.286. The number of pyridine rings is 1. The Morgan fingerprint density at radius 3 is 3.07 bits per heavy atom. The van der Waals surface area contributed by atoms with Crippen molar-refractivity contribution in [3.05, 3.63) is 30.0 Å². The zero-order chi connectivity index (χ0) is 10.4. The summed E-state index contributed by atoms with van der Waals surface area (Å²) in [6.45, 7) is 2.52. The monoisotopic (exact) mass is 213 g/mol. The summed E-state index contributed by atoms with van der Waals surface area (Å²) in [6.07, 6.45) is 6.32. The van der Waals surface area contributed by atoms with E-state index in [0.29, 0.717) is 17.2 Å². The SMILES string of the molecule is CCO/C=C/c1cc(SC)c(F)cn1. The maximum atomic E-state index is 13.0. The second-order valence-electron chi connectivity index (χ2n) is 2.50. The molecule has 1 aromatic rings. The summed E-state index contributed by atoms with van der Waals surface area (Å²) >= 11 is 1.36. The van der Waals surface area contributed by atoms with Gasteiger partial charge in [0.25, 0.3) is 0 Å². The Morgan fingerprint density at radius 1 is 1.64 bits per heavy atom. The lowest BCUT2D eigenvalue weighted by molar-refractivity contribution is 0.272. The second kappa shape index (κ2) is 5.65. The molecule has 4 heteroatoms. The van der Waals surface area contributed by atoms with Crippen LogP contribution in [-0.4, -0.2) is 17.8 Å². The summed E-state index contributed by atoms with van der Waals surface area (Å²) in [5.74, 6) is -0.286. The van der Waals surface area contributed by atoms with Gasteiger partial charge in [0.2, 0.25) is 0 Å². The van der Waals surface area contributed by atoms with Crippen LogP contribution in [0.4, 0.5) is 4.39 Å². The summed E-state index contributed by atoms with van der Waals surface area (Å²) in [6, 6.07) is 1.69. The lowest BCUT2D eigenvalue weighted by Crippen LogP contribution is -1.87. The van der Waals surface area contributed by atoms with E-state index in [0.717, 1.165) is 0 Å². The van der Waals surface area contributed by atoms with Crippen LogP contribution in [0.5, 0.6) is 0 Å². The summed E-state index contributed by atoms with van der Waals surface area (Å²) in [5, 5.41) is 0. The predicted molar refractivity (Wildman–Crippen MR) is 56.6 cm³/mol. The zero-order valence-electron chi connectivity index (χ0n) is 8.16. The first-order valence-electron chi connectivity index (χ1n) is 4.25. The molecular weight excluding hydrogens is 201 g/mol. The maximum Gasteiger partial charge on any atom is 0.155 e. The van der Waals surface area contributed by atoms with E-state index in [1.807, 2.05) is 13.2 Å². The van der Waals surface area contributed by atoms with Crippen LogP contribution in [0.2, 0.25) is 0 Å². The fourth-order valence-electron chi connectivity index (χ4n) is 0.897. The van der Waals surface area contributed by atoms with Crippen LogP contribution in [0, 0.1) is 5.82 Å². The van der Waals surface area contributed by atoms with Gasteiger partial charge < -0.3 is 4.74 Å². The summed E-state index contributed by atoms with van der Waals surface area (Å²) in [5.41, 5.74) is 0.698. The number of hydrogen-bond donors (Lipinski definition) is 0. The summed E-state index contributed by atoms with van der Waals surface area (Å²) in [4.78, 5) is 4.50. The number of halogens is 1. The summed E-state index contributed by atoms with van der Waals surface area (Å²) in [7, 11) is 0. The molecule has 0 amide bonds. The van der Waals surface area contributed by atoms with Crippen LogP contribution in [0.1, 0.15) is 12.6 Å². The molecule has 0 saturated carbocycles. The number of rotatable bonds is 4. The van der Waals surface area contributed by atoms with Gasteiger partial charge in [0.1, 0.15) is 0 Å². The van der Waals surface area contributed by atoms with Crippen molar-refractivity contribution in [3.63, 3.8) is 0 Å². The average Bonchev–Trinajstić information content (AvgIpc) is 2.21. The molecule has 1 heterocycles. The Labute approximate surface area is 87.2 Å². The van der Waals surface area contributed by atoms with Gasteiger partial charge in [0, 0.05) is 4.90 Å². The Hall–Kier alpha value is -1.03. The molecule has 0 bridgehead atoms. The second-order valence-corrected chi connectivity index (χ2v) is 3.35.